The van der Waals surface area contributed by atoms with Crippen molar-refractivity contribution < 1.29 is 0 Å². The zero-order chi connectivity index (χ0) is 13.4. The molecule has 1 aromatic rings. The second-order valence-corrected chi connectivity index (χ2v) is 8.92. The van der Waals surface area contributed by atoms with Gasteiger partial charge in [-0.15, -0.1) is 0 Å². The van der Waals surface area contributed by atoms with Crippen LogP contribution < -0.4 is 5.30 Å². The van der Waals surface area contributed by atoms with Gasteiger partial charge in [-0.3, -0.25) is 0 Å². The Labute approximate surface area is 114 Å². The highest BCUT2D eigenvalue weighted by atomic mass is 31.1. The van der Waals surface area contributed by atoms with E-state index in [9.17, 15) is 0 Å². The average Bonchev–Trinajstić information content (AvgIpc) is 3.10. The van der Waals surface area contributed by atoms with Gasteiger partial charge in [-0.2, -0.15) is 0 Å². The van der Waals surface area contributed by atoms with Gasteiger partial charge in [-0.05, 0) is 52.1 Å². The third kappa shape index (κ3) is 2.80. The van der Waals surface area contributed by atoms with E-state index < -0.39 is 0 Å². The summed E-state index contributed by atoms with van der Waals surface area (Å²) in [6, 6.07) is 4.99. The molecule has 2 rings (SSSR count). The molecule has 1 heteroatoms. The molecule has 0 spiro atoms. The summed E-state index contributed by atoms with van der Waals surface area (Å²) in [7, 11) is 0.216. The van der Waals surface area contributed by atoms with Gasteiger partial charge in [0.15, 0.2) is 0 Å². The maximum absolute atomic E-state index is 2.50. The van der Waals surface area contributed by atoms with Crippen molar-refractivity contribution in [3.63, 3.8) is 0 Å². The topological polar surface area (TPSA) is 0 Å². The first kappa shape index (κ1) is 14.1. The van der Waals surface area contributed by atoms with Gasteiger partial charge in [0.1, 0.15) is 0 Å². The summed E-state index contributed by atoms with van der Waals surface area (Å²) in [5.74, 6) is 1.97. The molecular formula is C17H27P. The normalized spacial score (nSPS) is 16.1. The molecule has 0 amide bonds. The van der Waals surface area contributed by atoms with E-state index in [1.54, 1.807) is 16.4 Å². The molecule has 0 nitrogen and oxygen atoms in total. The highest BCUT2D eigenvalue weighted by Crippen LogP contribution is 2.52. The van der Waals surface area contributed by atoms with Crippen LogP contribution in [0.15, 0.2) is 12.1 Å². The first-order valence-corrected chi connectivity index (χ1v) is 9.05. The Balaban J connectivity index is 2.60. The van der Waals surface area contributed by atoms with E-state index in [0.29, 0.717) is 17.8 Å². The molecule has 0 N–H and O–H groups in total. The highest BCUT2D eigenvalue weighted by molar-refractivity contribution is 7.72. The summed E-state index contributed by atoms with van der Waals surface area (Å²) < 4.78 is 0. The highest BCUT2D eigenvalue weighted by Gasteiger charge is 2.30. The van der Waals surface area contributed by atoms with Crippen molar-refractivity contribution >= 4 is 13.2 Å². The SMILES string of the molecule is CC(C)c1cc(C(C)C)c(P2CC2)c(C(C)C)c1. The molecule has 100 valence electrons. The van der Waals surface area contributed by atoms with Crippen LogP contribution in [0.2, 0.25) is 0 Å². The van der Waals surface area contributed by atoms with Crippen molar-refractivity contribution in [1.82, 2.24) is 0 Å². The van der Waals surface area contributed by atoms with E-state index in [4.69, 9.17) is 0 Å². The van der Waals surface area contributed by atoms with Crippen molar-refractivity contribution in [2.45, 2.75) is 59.3 Å². The summed E-state index contributed by atoms with van der Waals surface area (Å²) in [6.45, 7) is 14.0. The molecule has 1 heterocycles. The zero-order valence-electron chi connectivity index (χ0n) is 12.7. The molecule has 0 saturated carbocycles. The Bertz CT molecular complexity index is 396. The second-order valence-electron chi connectivity index (χ2n) is 6.50. The molecular weight excluding hydrogens is 235 g/mol. The molecule has 0 radical (unpaired) electrons. The van der Waals surface area contributed by atoms with Crippen molar-refractivity contribution in [2.24, 2.45) is 0 Å². The molecule has 1 aliphatic heterocycles. The fraction of sp³-hybridized carbons (Fsp3) is 0.647. The first-order chi connectivity index (χ1) is 8.41. The Morgan fingerprint density at radius 2 is 1.22 bits per heavy atom. The summed E-state index contributed by atoms with van der Waals surface area (Å²) in [4.78, 5) is 0. The van der Waals surface area contributed by atoms with Gasteiger partial charge in [-0.1, -0.05) is 61.6 Å². The number of benzene rings is 1. The van der Waals surface area contributed by atoms with Gasteiger partial charge >= 0.3 is 0 Å². The molecule has 0 atom stereocenters. The van der Waals surface area contributed by atoms with E-state index in [1.165, 1.54) is 17.9 Å². The predicted octanol–water partition coefficient (Wildman–Crippen LogP) is 5.18. The lowest BCUT2D eigenvalue weighted by Gasteiger charge is -2.22. The van der Waals surface area contributed by atoms with Crippen LogP contribution in [0, 0.1) is 0 Å². The Morgan fingerprint density at radius 3 is 1.50 bits per heavy atom. The summed E-state index contributed by atoms with van der Waals surface area (Å²) in [5, 5.41) is 1.76. The van der Waals surface area contributed by atoms with Crippen LogP contribution in [-0.4, -0.2) is 12.3 Å². The van der Waals surface area contributed by atoms with Crippen molar-refractivity contribution in [3.05, 3.63) is 28.8 Å². The third-order valence-electron chi connectivity index (χ3n) is 3.87. The summed E-state index contributed by atoms with van der Waals surface area (Å²) in [5.41, 5.74) is 4.82. The number of rotatable bonds is 4. The molecule has 0 bridgehead atoms. The average molecular weight is 262 g/mol. The third-order valence-corrected chi connectivity index (χ3v) is 5.91. The lowest BCUT2D eigenvalue weighted by molar-refractivity contribution is 0.813. The first-order valence-electron chi connectivity index (χ1n) is 7.34. The fourth-order valence-electron chi connectivity index (χ4n) is 2.56. The van der Waals surface area contributed by atoms with Crippen LogP contribution in [0.1, 0.15) is 76.0 Å². The van der Waals surface area contributed by atoms with Gasteiger partial charge in [0.05, 0.1) is 0 Å². The molecule has 18 heavy (non-hydrogen) atoms. The molecule has 0 unspecified atom stereocenters. The summed E-state index contributed by atoms with van der Waals surface area (Å²) in [6.07, 6.45) is 2.94. The van der Waals surface area contributed by atoms with E-state index in [-0.39, 0.29) is 7.92 Å². The predicted molar refractivity (Wildman–Crippen MR) is 85.0 cm³/mol. The van der Waals surface area contributed by atoms with Crippen LogP contribution in [-0.2, 0) is 0 Å². The van der Waals surface area contributed by atoms with Gasteiger partial charge in [0, 0.05) is 0 Å². The maximum atomic E-state index is 2.50. The molecule has 1 aliphatic rings. The van der Waals surface area contributed by atoms with E-state index in [1.807, 2.05) is 0 Å². The van der Waals surface area contributed by atoms with Crippen molar-refractivity contribution in [2.75, 3.05) is 12.3 Å². The minimum Gasteiger partial charge on any atom is -0.0740 e. The van der Waals surface area contributed by atoms with Gasteiger partial charge in [0.2, 0.25) is 0 Å². The Morgan fingerprint density at radius 1 is 0.778 bits per heavy atom. The lowest BCUT2D eigenvalue weighted by atomic mass is 9.89. The molecule has 0 aromatic heterocycles. The fourth-order valence-corrected chi connectivity index (χ4v) is 4.78. The largest absolute Gasteiger partial charge is 0.0740 e. The molecule has 0 aliphatic carbocycles. The molecule has 1 aromatic carbocycles. The summed E-state index contributed by atoms with van der Waals surface area (Å²) >= 11 is 0. The number of hydrogen-bond acceptors (Lipinski definition) is 0. The van der Waals surface area contributed by atoms with Crippen molar-refractivity contribution in [3.8, 4) is 0 Å². The Hall–Kier alpha value is -0.350. The smallest absolute Gasteiger partial charge is 0.0171 e. The standard InChI is InChI=1S/C17H27P/c1-11(2)14-9-15(12(3)4)17(18-7-8-18)16(10-14)13(5)6/h9-13H,7-8H2,1-6H3. The van der Waals surface area contributed by atoms with Crippen LogP contribution in [0.4, 0.5) is 0 Å². The van der Waals surface area contributed by atoms with Gasteiger partial charge in [0.25, 0.3) is 0 Å². The van der Waals surface area contributed by atoms with Gasteiger partial charge in [-0.25, -0.2) is 0 Å². The van der Waals surface area contributed by atoms with E-state index in [0.717, 1.165) is 0 Å². The van der Waals surface area contributed by atoms with Crippen molar-refractivity contribution in [1.29, 1.82) is 0 Å². The number of hydrogen-bond donors (Lipinski definition) is 0. The quantitative estimate of drug-likeness (QED) is 0.656. The minimum atomic E-state index is 0.216. The van der Waals surface area contributed by atoms with Crippen LogP contribution in [0.5, 0.6) is 0 Å². The molecule has 1 saturated heterocycles. The molecule has 1 fully saturated rings. The monoisotopic (exact) mass is 262 g/mol. The zero-order valence-corrected chi connectivity index (χ0v) is 13.6. The van der Waals surface area contributed by atoms with E-state index >= 15 is 0 Å². The minimum absolute atomic E-state index is 0.216. The maximum Gasteiger partial charge on any atom is -0.0171 e. The van der Waals surface area contributed by atoms with Crippen LogP contribution in [0.25, 0.3) is 0 Å². The van der Waals surface area contributed by atoms with Crippen LogP contribution in [0.3, 0.4) is 0 Å². The lowest BCUT2D eigenvalue weighted by Crippen LogP contribution is -2.15. The Kier molecular flexibility index (Phi) is 4.17. The second kappa shape index (κ2) is 5.33. The van der Waals surface area contributed by atoms with Gasteiger partial charge < -0.3 is 0 Å². The van der Waals surface area contributed by atoms with E-state index in [2.05, 4.69) is 53.7 Å². The van der Waals surface area contributed by atoms with Crippen LogP contribution >= 0.6 is 7.92 Å².